The number of para-hydroxylation sites is 1. The number of oxazole rings is 1. The molecule has 1 aromatic carbocycles. The van der Waals surface area contributed by atoms with Gasteiger partial charge in [0.15, 0.2) is 0 Å². The Morgan fingerprint density at radius 3 is 2.57 bits per heavy atom. The third-order valence-electron chi connectivity index (χ3n) is 5.36. The number of hydrogen-bond acceptors (Lipinski definition) is 11. The van der Waals surface area contributed by atoms with Gasteiger partial charge in [-0.2, -0.15) is 10.5 Å². The average molecular weight is 515 g/mol. The van der Waals surface area contributed by atoms with Crippen LogP contribution in [0.3, 0.4) is 0 Å². The molecule has 0 unspecified atom stereocenters. The fourth-order valence-electron chi connectivity index (χ4n) is 3.59. The fraction of sp³-hybridized carbons (Fsp3) is 0.192. The second-order valence-corrected chi connectivity index (χ2v) is 8.58. The van der Waals surface area contributed by atoms with Gasteiger partial charge in [-0.05, 0) is 25.1 Å². The molecule has 0 saturated carbocycles. The minimum Gasteiger partial charge on any atom is -0.496 e. The molecule has 3 heterocycles. The molecule has 0 aliphatic heterocycles. The molecule has 11 heteroatoms. The molecule has 4 aromatic rings. The normalized spacial score (nSPS) is 10.5. The zero-order valence-electron chi connectivity index (χ0n) is 20.1. The number of ether oxygens (including phenoxy) is 2. The van der Waals surface area contributed by atoms with Gasteiger partial charge in [-0.3, -0.25) is 0 Å². The van der Waals surface area contributed by atoms with Gasteiger partial charge >= 0.3 is 0 Å². The number of nitriles is 2. The first kappa shape index (κ1) is 25.5. The molecule has 10 nitrogen and oxygen atoms in total. The van der Waals surface area contributed by atoms with E-state index < -0.39 is 0 Å². The van der Waals surface area contributed by atoms with Crippen molar-refractivity contribution in [1.29, 1.82) is 10.5 Å². The van der Waals surface area contributed by atoms with Crippen LogP contribution in [0.25, 0.3) is 22.6 Å². The zero-order chi connectivity index (χ0) is 26.4. The first-order valence-corrected chi connectivity index (χ1v) is 12.1. The lowest BCUT2D eigenvalue weighted by molar-refractivity contribution is 0.196. The van der Waals surface area contributed by atoms with Gasteiger partial charge in [0.2, 0.25) is 11.8 Å². The van der Waals surface area contributed by atoms with Crippen LogP contribution in [-0.4, -0.2) is 40.4 Å². The van der Waals surface area contributed by atoms with E-state index in [1.807, 2.05) is 37.3 Å². The van der Waals surface area contributed by atoms with E-state index in [1.54, 1.807) is 19.2 Å². The van der Waals surface area contributed by atoms with Gasteiger partial charge in [0.1, 0.15) is 46.7 Å². The lowest BCUT2D eigenvalue weighted by Crippen LogP contribution is -2.05. The van der Waals surface area contributed by atoms with Crippen molar-refractivity contribution in [3.8, 4) is 46.3 Å². The molecule has 0 aliphatic carbocycles. The summed E-state index contributed by atoms with van der Waals surface area (Å²) in [6, 6.07) is 14.9. The van der Waals surface area contributed by atoms with E-state index in [1.165, 1.54) is 18.0 Å². The van der Waals surface area contributed by atoms with Crippen LogP contribution >= 0.6 is 11.8 Å². The topological polar surface area (TPSA) is 164 Å². The Bertz CT molecular complexity index is 1510. The van der Waals surface area contributed by atoms with Crippen molar-refractivity contribution < 1.29 is 19.0 Å². The Kier molecular flexibility index (Phi) is 7.89. The maximum Gasteiger partial charge on any atom is 0.230 e. The summed E-state index contributed by atoms with van der Waals surface area (Å²) in [4.78, 5) is 13.2. The molecule has 0 saturated heterocycles. The van der Waals surface area contributed by atoms with Crippen molar-refractivity contribution in [2.24, 2.45) is 0 Å². The summed E-state index contributed by atoms with van der Waals surface area (Å²) in [7, 11) is 1.58. The summed E-state index contributed by atoms with van der Waals surface area (Å²) < 4.78 is 16.6. The lowest BCUT2D eigenvalue weighted by atomic mass is 9.98. The number of aryl methyl sites for hydroxylation is 1. The number of hydrogen-bond donors (Lipinski definition) is 2. The fourth-order valence-corrected chi connectivity index (χ4v) is 4.59. The van der Waals surface area contributed by atoms with E-state index >= 15 is 0 Å². The van der Waals surface area contributed by atoms with Crippen LogP contribution in [-0.2, 0) is 5.75 Å². The average Bonchev–Trinajstić information content (AvgIpc) is 3.30. The van der Waals surface area contributed by atoms with E-state index in [9.17, 15) is 10.5 Å². The highest BCUT2D eigenvalue weighted by molar-refractivity contribution is 7.98. The molecule has 0 fully saturated rings. The Balaban J connectivity index is 1.67. The smallest absolute Gasteiger partial charge is 0.230 e. The third kappa shape index (κ3) is 5.33. The van der Waals surface area contributed by atoms with Crippen molar-refractivity contribution in [2.45, 2.75) is 17.7 Å². The van der Waals surface area contributed by atoms with E-state index in [0.29, 0.717) is 50.9 Å². The Hall–Kier alpha value is -4.58. The number of aliphatic hydroxyl groups is 1. The number of pyridine rings is 2. The summed E-state index contributed by atoms with van der Waals surface area (Å²) in [6.07, 6.45) is 1.49. The van der Waals surface area contributed by atoms with E-state index in [2.05, 4.69) is 21.0 Å². The molecular weight excluding hydrogens is 492 g/mol. The van der Waals surface area contributed by atoms with Crippen LogP contribution < -0.4 is 15.2 Å². The standard InChI is InChI=1S/C26H22N6O4S/c1-15-20(31-25(36-15)17-5-3-4-6-21(17)34-2)14-37-26-19(12-28)23(18(11-27)24(29)32-26)16-7-8-22(30-13-16)35-10-9-33/h3-8,13,33H,9-10,14H2,1-2H3,(H2,29,32). The number of methoxy groups -OCH3 is 1. The molecule has 0 atom stereocenters. The molecular formula is C26H22N6O4S. The van der Waals surface area contributed by atoms with Crippen LogP contribution in [0.15, 0.2) is 52.0 Å². The molecule has 0 bridgehead atoms. The molecule has 0 amide bonds. The molecule has 4 rings (SSSR count). The van der Waals surface area contributed by atoms with Gasteiger partial charge in [0.25, 0.3) is 0 Å². The number of anilines is 1. The van der Waals surface area contributed by atoms with Crippen molar-refractivity contribution in [3.05, 3.63) is 65.2 Å². The number of benzene rings is 1. The molecule has 186 valence electrons. The van der Waals surface area contributed by atoms with E-state index in [-0.39, 0.29) is 30.2 Å². The summed E-state index contributed by atoms with van der Waals surface area (Å²) in [6.45, 7) is 1.76. The van der Waals surface area contributed by atoms with E-state index in [0.717, 1.165) is 5.56 Å². The highest BCUT2D eigenvalue weighted by atomic mass is 32.2. The zero-order valence-corrected chi connectivity index (χ0v) is 20.9. The van der Waals surface area contributed by atoms with Gasteiger partial charge in [-0.25, -0.2) is 15.0 Å². The van der Waals surface area contributed by atoms with Gasteiger partial charge in [-0.1, -0.05) is 23.9 Å². The first-order valence-electron chi connectivity index (χ1n) is 11.1. The highest BCUT2D eigenvalue weighted by Crippen LogP contribution is 2.38. The lowest BCUT2D eigenvalue weighted by Gasteiger charge is -2.13. The Morgan fingerprint density at radius 1 is 1.11 bits per heavy atom. The quantitative estimate of drug-likeness (QED) is 0.309. The molecule has 3 N–H and O–H groups in total. The largest absolute Gasteiger partial charge is 0.496 e. The number of aliphatic hydroxyl groups excluding tert-OH is 1. The molecule has 0 aliphatic rings. The van der Waals surface area contributed by atoms with Crippen molar-refractivity contribution in [1.82, 2.24) is 15.0 Å². The maximum absolute atomic E-state index is 10.0. The van der Waals surface area contributed by atoms with Crippen LogP contribution in [0.1, 0.15) is 22.6 Å². The summed E-state index contributed by atoms with van der Waals surface area (Å²) in [5, 5.41) is 29.1. The van der Waals surface area contributed by atoms with Crippen LogP contribution in [0, 0.1) is 29.6 Å². The van der Waals surface area contributed by atoms with Gasteiger partial charge in [0, 0.05) is 29.1 Å². The minimum absolute atomic E-state index is 0.00573. The number of nitrogen functional groups attached to an aromatic ring is 1. The third-order valence-corrected chi connectivity index (χ3v) is 6.34. The molecule has 0 radical (unpaired) electrons. The van der Waals surface area contributed by atoms with E-state index in [4.69, 9.17) is 24.7 Å². The number of nitrogens with zero attached hydrogens (tertiary/aromatic N) is 5. The van der Waals surface area contributed by atoms with Crippen LogP contribution in [0.4, 0.5) is 5.82 Å². The predicted molar refractivity (Wildman–Crippen MR) is 137 cm³/mol. The maximum atomic E-state index is 10.0. The Morgan fingerprint density at radius 2 is 1.89 bits per heavy atom. The van der Waals surface area contributed by atoms with Gasteiger partial charge in [0.05, 0.1) is 30.5 Å². The summed E-state index contributed by atoms with van der Waals surface area (Å²) >= 11 is 1.26. The second kappa shape index (κ2) is 11.4. The summed E-state index contributed by atoms with van der Waals surface area (Å²) in [5.74, 6) is 2.35. The SMILES string of the molecule is COc1ccccc1-c1nc(CSc2nc(N)c(C#N)c(-c3ccc(OCCO)nc3)c2C#N)c(C)o1. The summed E-state index contributed by atoms with van der Waals surface area (Å²) in [5.41, 5.74) is 8.66. The minimum atomic E-state index is -0.145. The number of thioether (sulfide) groups is 1. The van der Waals surface area contributed by atoms with Crippen LogP contribution in [0.5, 0.6) is 11.6 Å². The predicted octanol–water partition coefficient (Wildman–Crippen LogP) is 4.10. The molecule has 37 heavy (non-hydrogen) atoms. The number of aromatic nitrogens is 3. The highest BCUT2D eigenvalue weighted by Gasteiger charge is 2.22. The van der Waals surface area contributed by atoms with Crippen molar-refractivity contribution in [2.75, 3.05) is 26.1 Å². The number of nitrogens with two attached hydrogens (primary N) is 1. The number of rotatable bonds is 9. The molecule has 0 spiro atoms. The monoisotopic (exact) mass is 514 g/mol. The Labute approximate surface area is 217 Å². The van der Waals surface area contributed by atoms with Crippen molar-refractivity contribution in [3.63, 3.8) is 0 Å². The first-order chi connectivity index (χ1) is 18.0. The molecule has 3 aromatic heterocycles. The second-order valence-electron chi connectivity index (χ2n) is 7.62. The van der Waals surface area contributed by atoms with Gasteiger partial charge < -0.3 is 24.7 Å². The van der Waals surface area contributed by atoms with Crippen LogP contribution in [0.2, 0.25) is 0 Å². The van der Waals surface area contributed by atoms with Gasteiger partial charge in [-0.15, -0.1) is 0 Å². The van der Waals surface area contributed by atoms with Crippen molar-refractivity contribution >= 4 is 17.6 Å².